The molecule has 1 aliphatic carbocycles. The van der Waals surface area contributed by atoms with Gasteiger partial charge in [-0.2, -0.15) is 13.2 Å². The van der Waals surface area contributed by atoms with E-state index in [4.69, 9.17) is 4.74 Å². The molecule has 5 rings (SSSR count). The number of carbonyl (C=O) groups excluding carboxylic acids is 1. The number of thiophene rings is 1. The fourth-order valence-corrected chi connectivity index (χ4v) is 4.06. The summed E-state index contributed by atoms with van der Waals surface area (Å²) in [5.41, 5.74) is 0.347. The monoisotopic (exact) mass is 418 g/mol. The van der Waals surface area contributed by atoms with Gasteiger partial charge in [-0.15, -0.1) is 16.4 Å². The smallest absolute Gasteiger partial charge is 0.433 e. The number of halogens is 3. The van der Waals surface area contributed by atoms with Gasteiger partial charge in [0.25, 0.3) is 0 Å². The zero-order valence-electron chi connectivity index (χ0n) is 15.0. The molecule has 1 aliphatic rings. The van der Waals surface area contributed by atoms with Gasteiger partial charge in [0.15, 0.2) is 17.0 Å². The van der Waals surface area contributed by atoms with Crippen LogP contribution in [0, 0.1) is 0 Å². The number of ether oxygens (including phenoxy) is 1. The number of aromatic nitrogens is 4. The average molecular weight is 418 g/mol. The molecule has 0 unspecified atom stereocenters. The number of esters is 1. The highest BCUT2D eigenvalue weighted by molar-refractivity contribution is 7.13. The van der Waals surface area contributed by atoms with E-state index in [1.165, 1.54) is 29.0 Å². The third kappa shape index (κ3) is 2.94. The van der Waals surface area contributed by atoms with Gasteiger partial charge in [0.1, 0.15) is 5.69 Å². The maximum Gasteiger partial charge on any atom is 0.433 e. The molecule has 0 bridgehead atoms. The molecule has 0 aromatic carbocycles. The van der Waals surface area contributed by atoms with Crippen LogP contribution in [0.1, 0.15) is 40.5 Å². The Morgan fingerprint density at radius 2 is 2.07 bits per heavy atom. The van der Waals surface area contributed by atoms with Crippen molar-refractivity contribution in [2.45, 2.75) is 24.9 Å². The van der Waals surface area contributed by atoms with E-state index in [-0.39, 0.29) is 17.3 Å². The highest BCUT2D eigenvalue weighted by Gasteiger charge is 2.37. The van der Waals surface area contributed by atoms with Gasteiger partial charge in [0.2, 0.25) is 0 Å². The number of hydrogen-bond acceptors (Lipinski definition) is 6. The third-order valence-electron chi connectivity index (χ3n) is 4.85. The summed E-state index contributed by atoms with van der Waals surface area (Å²) in [4.78, 5) is 21.5. The van der Waals surface area contributed by atoms with E-state index in [9.17, 15) is 18.0 Å². The van der Waals surface area contributed by atoms with Crippen molar-refractivity contribution in [1.82, 2.24) is 19.6 Å². The lowest BCUT2D eigenvalue weighted by atomic mass is 10.1. The van der Waals surface area contributed by atoms with Gasteiger partial charge in [0, 0.05) is 0 Å². The van der Waals surface area contributed by atoms with E-state index in [1.54, 1.807) is 0 Å². The van der Waals surface area contributed by atoms with E-state index >= 15 is 0 Å². The number of rotatable bonds is 3. The van der Waals surface area contributed by atoms with Crippen molar-refractivity contribution in [3.05, 3.63) is 46.6 Å². The second-order valence-electron chi connectivity index (χ2n) is 6.80. The number of fused-ring (bicyclic) bond motifs is 3. The number of methoxy groups -OCH3 is 1. The average Bonchev–Trinajstić information content (AvgIpc) is 3.25. The molecule has 1 fully saturated rings. The van der Waals surface area contributed by atoms with Gasteiger partial charge >= 0.3 is 12.1 Å². The Morgan fingerprint density at radius 3 is 2.69 bits per heavy atom. The first-order chi connectivity index (χ1) is 13.9. The van der Waals surface area contributed by atoms with Gasteiger partial charge in [0.05, 0.1) is 23.1 Å². The second kappa shape index (κ2) is 6.24. The molecule has 10 heteroatoms. The van der Waals surface area contributed by atoms with Crippen molar-refractivity contribution in [2.75, 3.05) is 7.11 Å². The molecule has 4 heterocycles. The van der Waals surface area contributed by atoms with Gasteiger partial charge in [-0.3, -0.25) is 0 Å². The normalized spacial score (nSPS) is 14.6. The van der Waals surface area contributed by atoms with Crippen LogP contribution in [0.15, 0.2) is 29.6 Å². The van der Waals surface area contributed by atoms with E-state index in [2.05, 4.69) is 15.1 Å². The van der Waals surface area contributed by atoms with E-state index in [1.807, 2.05) is 17.5 Å². The molecule has 29 heavy (non-hydrogen) atoms. The minimum Gasteiger partial charge on any atom is -0.464 e. The minimum absolute atomic E-state index is 0.00312. The molecule has 0 radical (unpaired) electrons. The second-order valence-corrected chi connectivity index (χ2v) is 7.75. The topological polar surface area (TPSA) is 69.4 Å². The predicted octanol–water partition coefficient (Wildman–Crippen LogP) is 4.69. The van der Waals surface area contributed by atoms with Gasteiger partial charge in [-0.25, -0.2) is 19.3 Å². The zero-order chi connectivity index (χ0) is 20.3. The van der Waals surface area contributed by atoms with Crippen molar-refractivity contribution in [3.63, 3.8) is 0 Å². The van der Waals surface area contributed by atoms with Crippen molar-refractivity contribution < 1.29 is 22.7 Å². The molecule has 0 spiro atoms. The van der Waals surface area contributed by atoms with Gasteiger partial charge < -0.3 is 4.74 Å². The lowest BCUT2D eigenvalue weighted by molar-refractivity contribution is -0.141. The molecule has 0 atom stereocenters. The summed E-state index contributed by atoms with van der Waals surface area (Å²) < 4.78 is 46.2. The molecule has 0 saturated heterocycles. The molecular weight excluding hydrogens is 405 g/mol. The summed E-state index contributed by atoms with van der Waals surface area (Å²) in [6, 6.07) is 6.31. The summed E-state index contributed by atoms with van der Waals surface area (Å²) in [6.07, 6.45) is -3.00. The number of hydrogen-bond donors (Lipinski definition) is 0. The summed E-state index contributed by atoms with van der Waals surface area (Å²) in [6.45, 7) is 0. The number of nitrogens with zero attached hydrogens (tertiary/aromatic N) is 4. The number of alkyl halides is 3. The Hall–Kier alpha value is -3.01. The third-order valence-corrected chi connectivity index (χ3v) is 5.75. The fraction of sp³-hybridized carbons (Fsp3) is 0.263. The standard InChI is InChI=1S/C19H13F3N4O2S/c1-28-18(27)12-8-11(13-3-2-6-29-13)23-17-15-10(9-4-5-9)7-14(19(20,21)22)24-16(15)25-26(12)17/h2-3,6-9H,4-5H2,1H3. The van der Waals surface area contributed by atoms with Crippen molar-refractivity contribution in [3.8, 4) is 10.6 Å². The van der Waals surface area contributed by atoms with Crippen LogP contribution < -0.4 is 0 Å². The molecule has 0 N–H and O–H groups in total. The first-order valence-corrected chi connectivity index (χ1v) is 9.68. The van der Waals surface area contributed by atoms with Crippen molar-refractivity contribution >= 4 is 34.0 Å². The van der Waals surface area contributed by atoms with E-state index in [0.717, 1.165) is 23.8 Å². The van der Waals surface area contributed by atoms with Crippen molar-refractivity contribution in [1.29, 1.82) is 0 Å². The predicted molar refractivity (Wildman–Crippen MR) is 99.9 cm³/mol. The van der Waals surface area contributed by atoms with Crippen LogP contribution in [0.5, 0.6) is 0 Å². The maximum absolute atomic E-state index is 13.4. The number of pyridine rings is 1. The summed E-state index contributed by atoms with van der Waals surface area (Å²) in [7, 11) is 1.23. The molecule has 6 nitrogen and oxygen atoms in total. The molecular formula is C19H13F3N4O2S. The van der Waals surface area contributed by atoms with Gasteiger partial charge in [-0.1, -0.05) is 6.07 Å². The molecule has 4 aromatic rings. The SMILES string of the molecule is COC(=O)c1cc(-c2cccs2)nc2c3c(C4CC4)cc(C(F)(F)F)nc3nn12. The first kappa shape index (κ1) is 18.0. The fourth-order valence-electron chi connectivity index (χ4n) is 3.37. The molecule has 148 valence electrons. The molecule has 0 amide bonds. The Morgan fingerprint density at radius 1 is 1.28 bits per heavy atom. The summed E-state index contributed by atoms with van der Waals surface area (Å²) in [5, 5.41) is 6.52. The highest BCUT2D eigenvalue weighted by Crippen LogP contribution is 2.45. The van der Waals surface area contributed by atoms with Crippen LogP contribution >= 0.6 is 11.3 Å². The molecule has 4 aromatic heterocycles. The maximum atomic E-state index is 13.4. The van der Waals surface area contributed by atoms with Crippen molar-refractivity contribution in [2.24, 2.45) is 0 Å². The van der Waals surface area contributed by atoms with Crippen LogP contribution in [-0.2, 0) is 10.9 Å². The lowest BCUT2D eigenvalue weighted by Gasteiger charge is -2.09. The van der Waals surface area contributed by atoms with E-state index < -0.39 is 17.8 Å². The highest BCUT2D eigenvalue weighted by atomic mass is 32.1. The van der Waals surface area contributed by atoms with Crippen LogP contribution in [0.2, 0.25) is 0 Å². The summed E-state index contributed by atoms with van der Waals surface area (Å²) in [5.74, 6) is -0.657. The number of carbonyl (C=O) groups is 1. The van der Waals surface area contributed by atoms with Crippen LogP contribution in [0.3, 0.4) is 0 Å². The Labute approximate surface area is 166 Å². The summed E-state index contributed by atoms with van der Waals surface area (Å²) >= 11 is 1.44. The zero-order valence-corrected chi connectivity index (χ0v) is 15.8. The lowest BCUT2D eigenvalue weighted by Crippen LogP contribution is -2.10. The molecule has 1 saturated carbocycles. The Kier molecular flexibility index (Phi) is 3.89. The van der Waals surface area contributed by atoms with E-state index in [0.29, 0.717) is 22.3 Å². The first-order valence-electron chi connectivity index (χ1n) is 8.80. The molecule has 0 aliphatic heterocycles. The van der Waals surface area contributed by atoms with Crippen LogP contribution in [-0.4, -0.2) is 32.7 Å². The van der Waals surface area contributed by atoms with Gasteiger partial charge in [-0.05, 0) is 47.9 Å². The van der Waals surface area contributed by atoms with Crippen LogP contribution in [0.25, 0.3) is 27.3 Å². The Balaban J connectivity index is 1.89. The quantitative estimate of drug-likeness (QED) is 0.452. The largest absolute Gasteiger partial charge is 0.464 e. The Bertz CT molecular complexity index is 1260. The van der Waals surface area contributed by atoms with Crippen LogP contribution in [0.4, 0.5) is 13.2 Å². The minimum atomic E-state index is -4.59.